The number of fused-ring (bicyclic) bond motifs is 1. The standard InChI is InChI=1S/C26H25ClN4O3/c1-14-9-19(16(3)29-21-6-7-22(27)30-26(21)31-12-18(32)13-31)25-20(10-14)23(33)15(2)24(34-25)17-5-4-8-28-11-17/h4-11,16,18,29,32H,12-13H2,1-3H3/t16-/m1/s1. The lowest BCUT2D eigenvalue weighted by Crippen LogP contribution is -2.51. The number of aliphatic hydroxyl groups is 1. The largest absolute Gasteiger partial charge is 0.455 e. The van der Waals surface area contributed by atoms with Crippen LogP contribution in [0.4, 0.5) is 11.5 Å². The van der Waals surface area contributed by atoms with E-state index in [9.17, 15) is 9.90 Å². The van der Waals surface area contributed by atoms with E-state index in [1.54, 1.807) is 25.4 Å². The van der Waals surface area contributed by atoms with Crippen LogP contribution in [0.5, 0.6) is 0 Å². The van der Waals surface area contributed by atoms with E-state index in [1.165, 1.54) is 0 Å². The van der Waals surface area contributed by atoms with Gasteiger partial charge in [-0.3, -0.25) is 9.78 Å². The van der Waals surface area contributed by atoms with Crippen molar-refractivity contribution in [3.05, 3.63) is 80.9 Å². The molecule has 4 heterocycles. The summed E-state index contributed by atoms with van der Waals surface area (Å²) in [5.74, 6) is 1.21. The molecule has 0 radical (unpaired) electrons. The number of nitrogens with one attached hydrogen (secondary N) is 1. The molecule has 4 aromatic rings. The normalized spacial score (nSPS) is 14.8. The molecule has 2 N–H and O–H groups in total. The number of aliphatic hydroxyl groups excluding tert-OH is 1. The van der Waals surface area contributed by atoms with Crippen LogP contribution in [0.1, 0.15) is 29.7 Å². The Morgan fingerprint density at radius 3 is 2.74 bits per heavy atom. The second-order valence-corrected chi connectivity index (χ2v) is 9.18. The Labute approximate surface area is 202 Å². The Morgan fingerprint density at radius 1 is 1.24 bits per heavy atom. The van der Waals surface area contributed by atoms with Crippen molar-refractivity contribution < 1.29 is 9.52 Å². The van der Waals surface area contributed by atoms with Crippen molar-refractivity contribution in [1.29, 1.82) is 0 Å². The Morgan fingerprint density at radius 2 is 2.03 bits per heavy atom. The van der Waals surface area contributed by atoms with Gasteiger partial charge in [0.2, 0.25) is 0 Å². The molecule has 1 aromatic carbocycles. The second-order valence-electron chi connectivity index (χ2n) is 8.79. The number of rotatable bonds is 5. The van der Waals surface area contributed by atoms with Gasteiger partial charge in [-0.2, -0.15) is 0 Å². The molecule has 1 aliphatic rings. The summed E-state index contributed by atoms with van der Waals surface area (Å²) in [6.07, 6.45) is 3.02. The molecule has 0 spiro atoms. The van der Waals surface area contributed by atoms with Crippen molar-refractivity contribution in [1.82, 2.24) is 9.97 Å². The first kappa shape index (κ1) is 22.4. The minimum Gasteiger partial charge on any atom is -0.455 e. The van der Waals surface area contributed by atoms with E-state index in [4.69, 9.17) is 16.0 Å². The van der Waals surface area contributed by atoms with Crippen LogP contribution in [0.2, 0.25) is 5.15 Å². The Hall–Kier alpha value is -3.42. The maximum atomic E-state index is 13.3. The van der Waals surface area contributed by atoms with Crippen LogP contribution < -0.4 is 15.6 Å². The van der Waals surface area contributed by atoms with E-state index >= 15 is 0 Å². The maximum Gasteiger partial charge on any atom is 0.196 e. The number of anilines is 2. The quantitative estimate of drug-likeness (QED) is 0.397. The molecule has 0 saturated carbocycles. The van der Waals surface area contributed by atoms with Crippen LogP contribution in [-0.4, -0.2) is 34.3 Å². The van der Waals surface area contributed by atoms with Crippen molar-refractivity contribution in [2.45, 2.75) is 32.9 Å². The molecule has 0 aliphatic carbocycles. The molecule has 7 nitrogen and oxygen atoms in total. The molecule has 1 atom stereocenters. The zero-order valence-corrected chi connectivity index (χ0v) is 19.9. The summed E-state index contributed by atoms with van der Waals surface area (Å²) < 4.78 is 6.39. The SMILES string of the molecule is Cc1cc([C@@H](C)Nc2ccc(Cl)nc2N2CC(O)C2)c2oc(-c3cccnc3)c(C)c(=O)c2c1. The number of pyridine rings is 2. The zero-order valence-electron chi connectivity index (χ0n) is 19.2. The van der Waals surface area contributed by atoms with Gasteiger partial charge in [-0.25, -0.2) is 4.98 Å². The van der Waals surface area contributed by atoms with Crippen molar-refractivity contribution in [3.8, 4) is 11.3 Å². The highest BCUT2D eigenvalue weighted by atomic mass is 35.5. The molecule has 5 rings (SSSR count). The molecule has 1 fully saturated rings. The van der Waals surface area contributed by atoms with Crippen LogP contribution in [-0.2, 0) is 0 Å². The third-order valence-corrected chi connectivity index (χ3v) is 6.37. The molecular weight excluding hydrogens is 452 g/mol. The number of aryl methyl sites for hydroxylation is 1. The van der Waals surface area contributed by atoms with Gasteiger partial charge >= 0.3 is 0 Å². The summed E-state index contributed by atoms with van der Waals surface area (Å²) in [6, 6.07) is 11.0. The number of aromatic nitrogens is 2. The molecule has 174 valence electrons. The Bertz CT molecular complexity index is 1430. The van der Waals surface area contributed by atoms with E-state index in [-0.39, 0.29) is 17.6 Å². The van der Waals surface area contributed by atoms with Gasteiger partial charge < -0.3 is 19.7 Å². The minimum absolute atomic E-state index is 0.0549. The minimum atomic E-state index is -0.366. The number of halogens is 1. The maximum absolute atomic E-state index is 13.3. The number of β-amino-alcohol motifs (C(OH)–C–C–N with tert-alkyl or cyclic N) is 1. The first-order valence-electron chi connectivity index (χ1n) is 11.2. The van der Waals surface area contributed by atoms with Gasteiger partial charge in [-0.1, -0.05) is 17.7 Å². The highest BCUT2D eigenvalue weighted by Crippen LogP contribution is 2.35. The molecule has 0 amide bonds. The highest BCUT2D eigenvalue weighted by Gasteiger charge is 2.28. The van der Waals surface area contributed by atoms with Crippen LogP contribution in [0.15, 0.2) is 58.0 Å². The zero-order chi connectivity index (χ0) is 24.0. The summed E-state index contributed by atoms with van der Waals surface area (Å²) in [4.78, 5) is 23.9. The summed E-state index contributed by atoms with van der Waals surface area (Å²) in [6.45, 7) is 6.78. The molecule has 34 heavy (non-hydrogen) atoms. The van der Waals surface area contributed by atoms with Gasteiger partial charge in [-0.05, 0) is 56.7 Å². The average Bonchev–Trinajstić information content (AvgIpc) is 2.81. The van der Waals surface area contributed by atoms with Gasteiger partial charge in [-0.15, -0.1) is 0 Å². The smallest absolute Gasteiger partial charge is 0.196 e. The summed E-state index contributed by atoms with van der Waals surface area (Å²) >= 11 is 6.16. The lowest BCUT2D eigenvalue weighted by atomic mass is 9.99. The van der Waals surface area contributed by atoms with E-state index in [0.29, 0.717) is 46.4 Å². The van der Waals surface area contributed by atoms with Gasteiger partial charge in [0.1, 0.15) is 16.5 Å². The first-order chi connectivity index (χ1) is 16.3. The van der Waals surface area contributed by atoms with Crippen LogP contribution >= 0.6 is 11.6 Å². The number of hydrogen-bond donors (Lipinski definition) is 2. The molecule has 3 aromatic heterocycles. The van der Waals surface area contributed by atoms with Crippen molar-refractivity contribution in [3.63, 3.8) is 0 Å². The first-order valence-corrected chi connectivity index (χ1v) is 11.5. The van der Waals surface area contributed by atoms with Crippen molar-refractivity contribution in [2.75, 3.05) is 23.3 Å². The van der Waals surface area contributed by atoms with Gasteiger partial charge in [0.15, 0.2) is 11.2 Å². The number of hydrogen-bond acceptors (Lipinski definition) is 7. The third kappa shape index (κ3) is 4.02. The predicted octanol–water partition coefficient (Wildman–Crippen LogP) is 4.87. The van der Waals surface area contributed by atoms with E-state index in [0.717, 1.165) is 22.4 Å². The summed E-state index contributed by atoms with van der Waals surface area (Å²) in [5.41, 5.74) is 4.42. The molecule has 1 aliphatic heterocycles. The number of benzene rings is 1. The fraction of sp³-hybridized carbons (Fsp3) is 0.269. The molecule has 1 saturated heterocycles. The van der Waals surface area contributed by atoms with E-state index in [2.05, 4.69) is 15.3 Å². The fourth-order valence-corrected chi connectivity index (χ4v) is 4.52. The Kier molecular flexibility index (Phi) is 5.75. The lowest BCUT2D eigenvalue weighted by Gasteiger charge is -2.38. The van der Waals surface area contributed by atoms with Crippen LogP contribution in [0.3, 0.4) is 0 Å². The Balaban J connectivity index is 1.60. The monoisotopic (exact) mass is 476 g/mol. The number of nitrogens with zero attached hydrogens (tertiary/aromatic N) is 3. The lowest BCUT2D eigenvalue weighted by molar-refractivity contribution is 0.141. The summed E-state index contributed by atoms with van der Waals surface area (Å²) in [7, 11) is 0. The van der Waals surface area contributed by atoms with E-state index < -0.39 is 0 Å². The predicted molar refractivity (Wildman–Crippen MR) is 135 cm³/mol. The fourth-order valence-electron chi connectivity index (χ4n) is 4.38. The van der Waals surface area contributed by atoms with Gasteiger partial charge in [0.05, 0.1) is 23.2 Å². The van der Waals surface area contributed by atoms with Gasteiger partial charge in [0, 0.05) is 42.2 Å². The molecular formula is C26H25ClN4O3. The third-order valence-electron chi connectivity index (χ3n) is 6.16. The molecule has 0 bridgehead atoms. The van der Waals surface area contributed by atoms with Crippen LogP contribution in [0, 0.1) is 13.8 Å². The van der Waals surface area contributed by atoms with Crippen LogP contribution in [0.25, 0.3) is 22.3 Å². The van der Waals surface area contributed by atoms with Gasteiger partial charge in [0.25, 0.3) is 0 Å². The molecule has 0 unspecified atom stereocenters. The average molecular weight is 477 g/mol. The summed E-state index contributed by atoms with van der Waals surface area (Å²) in [5, 5.41) is 14.2. The van der Waals surface area contributed by atoms with Crippen molar-refractivity contribution >= 4 is 34.1 Å². The van der Waals surface area contributed by atoms with Crippen molar-refractivity contribution in [2.24, 2.45) is 0 Å². The highest BCUT2D eigenvalue weighted by molar-refractivity contribution is 6.29. The second kappa shape index (κ2) is 8.74. The molecule has 8 heteroatoms. The topological polar surface area (TPSA) is 91.5 Å². The van der Waals surface area contributed by atoms with E-state index in [1.807, 2.05) is 49.1 Å².